The van der Waals surface area contributed by atoms with Crippen molar-refractivity contribution < 1.29 is 4.79 Å². The maximum absolute atomic E-state index is 12.2. The van der Waals surface area contributed by atoms with Gasteiger partial charge in [-0.05, 0) is 68.0 Å². The fourth-order valence-electron chi connectivity index (χ4n) is 2.79. The zero-order valence-corrected chi connectivity index (χ0v) is 14.7. The first-order valence-electron chi connectivity index (χ1n) is 7.99. The van der Waals surface area contributed by atoms with Crippen LogP contribution < -0.4 is 5.32 Å². The van der Waals surface area contributed by atoms with E-state index >= 15 is 0 Å². The molecule has 1 amide bonds. The lowest BCUT2D eigenvalue weighted by Crippen LogP contribution is -2.14. The molecule has 0 atom stereocenters. The Morgan fingerprint density at radius 3 is 2.88 bits per heavy atom. The van der Waals surface area contributed by atoms with Gasteiger partial charge in [-0.15, -0.1) is 0 Å². The van der Waals surface area contributed by atoms with Crippen LogP contribution in [0.4, 0.5) is 5.69 Å². The van der Waals surface area contributed by atoms with Crippen molar-refractivity contribution in [3.05, 3.63) is 52.2 Å². The number of nitriles is 1. The first-order valence-corrected chi connectivity index (χ1v) is 8.98. The van der Waals surface area contributed by atoms with Crippen LogP contribution in [0, 0.1) is 25.2 Å². The number of aromatic nitrogens is 1. The fraction of sp³-hybridized carbons (Fsp3) is 0.316. The molecular formula is C19H19N3OS. The number of benzene rings is 1. The maximum Gasteiger partial charge on any atom is 0.234 e. The molecule has 3 rings (SSSR count). The average Bonchev–Trinajstić information content (AvgIpc) is 3.02. The zero-order chi connectivity index (χ0) is 17.1. The van der Waals surface area contributed by atoms with Crippen LogP contribution in [0.25, 0.3) is 0 Å². The Morgan fingerprint density at radius 2 is 2.12 bits per heavy atom. The highest BCUT2D eigenvalue weighted by Crippen LogP contribution is 2.28. The summed E-state index contributed by atoms with van der Waals surface area (Å²) in [5.41, 5.74) is 5.96. The Morgan fingerprint density at radius 1 is 1.29 bits per heavy atom. The van der Waals surface area contributed by atoms with Crippen molar-refractivity contribution in [2.75, 3.05) is 11.1 Å². The predicted molar refractivity (Wildman–Crippen MR) is 96.2 cm³/mol. The van der Waals surface area contributed by atoms with E-state index in [0.29, 0.717) is 10.6 Å². The molecule has 0 bridgehead atoms. The Labute approximate surface area is 146 Å². The van der Waals surface area contributed by atoms with Crippen LogP contribution in [0.5, 0.6) is 0 Å². The molecule has 1 aliphatic carbocycles. The number of carbonyl (C=O) groups is 1. The number of rotatable bonds is 4. The van der Waals surface area contributed by atoms with Gasteiger partial charge in [0, 0.05) is 11.4 Å². The van der Waals surface area contributed by atoms with E-state index in [1.807, 2.05) is 38.1 Å². The quantitative estimate of drug-likeness (QED) is 0.862. The first kappa shape index (κ1) is 16.5. The number of amides is 1. The molecule has 0 spiro atoms. The molecule has 0 saturated carbocycles. The van der Waals surface area contributed by atoms with Gasteiger partial charge in [-0.25, -0.2) is 4.98 Å². The third-order valence-corrected chi connectivity index (χ3v) is 5.26. The van der Waals surface area contributed by atoms with Crippen molar-refractivity contribution in [2.24, 2.45) is 0 Å². The topological polar surface area (TPSA) is 65.8 Å². The molecule has 1 aromatic carbocycles. The molecular weight excluding hydrogens is 318 g/mol. The average molecular weight is 337 g/mol. The van der Waals surface area contributed by atoms with E-state index in [1.165, 1.54) is 22.9 Å². The molecule has 1 aliphatic rings. The normalized spacial score (nSPS) is 12.5. The number of thioether (sulfide) groups is 1. The van der Waals surface area contributed by atoms with Gasteiger partial charge in [0.25, 0.3) is 0 Å². The van der Waals surface area contributed by atoms with E-state index in [2.05, 4.69) is 16.4 Å². The Balaban J connectivity index is 1.66. The van der Waals surface area contributed by atoms with Crippen LogP contribution in [0.3, 0.4) is 0 Å². The lowest BCUT2D eigenvalue weighted by molar-refractivity contribution is -0.113. The minimum Gasteiger partial charge on any atom is -0.325 e. The first-order chi connectivity index (χ1) is 11.6. The summed E-state index contributed by atoms with van der Waals surface area (Å²) < 4.78 is 0. The molecule has 0 saturated heterocycles. The van der Waals surface area contributed by atoms with Crippen LogP contribution in [0.2, 0.25) is 0 Å². The Hall–Kier alpha value is -2.32. The molecule has 122 valence electrons. The summed E-state index contributed by atoms with van der Waals surface area (Å²) in [5.74, 6) is 0.155. The summed E-state index contributed by atoms with van der Waals surface area (Å²) in [6.07, 6.45) is 3.05. The van der Waals surface area contributed by atoms with Crippen LogP contribution in [0.1, 0.15) is 34.4 Å². The maximum atomic E-state index is 12.2. The van der Waals surface area contributed by atoms with Gasteiger partial charge in [-0.3, -0.25) is 4.79 Å². The van der Waals surface area contributed by atoms with Crippen molar-refractivity contribution >= 4 is 23.4 Å². The summed E-state index contributed by atoms with van der Waals surface area (Å²) in [4.78, 5) is 16.8. The van der Waals surface area contributed by atoms with Gasteiger partial charge in [0.1, 0.15) is 11.1 Å². The highest BCUT2D eigenvalue weighted by Gasteiger charge is 2.17. The number of aryl methyl sites for hydroxylation is 4. The number of fused-ring (bicyclic) bond motifs is 1. The molecule has 1 heterocycles. The highest BCUT2D eigenvalue weighted by molar-refractivity contribution is 8.00. The molecule has 0 unspecified atom stereocenters. The number of hydrogen-bond acceptors (Lipinski definition) is 4. The van der Waals surface area contributed by atoms with Crippen LogP contribution >= 0.6 is 11.8 Å². The van der Waals surface area contributed by atoms with Gasteiger partial charge < -0.3 is 5.32 Å². The largest absolute Gasteiger partial charge is 0.325 e. The second kappa shape index (κ2) is 7.06. The fourth-order valence-corrected chi connectivity index (χ4v) is 3.57. The van der Waals surface area contributed by atoms with Gasteiger partial charge in [0.2, 0.25) is 5.91 Å². The van der Waals surface area contributed by atoms with Gasteiger partial charge >= 0.3 is 0 Å². The lowest BCUT2D eigenvalue weighted by atomic mass is 10.1. The minimum absolute atomic E-state index is 0.0885. The van der Waals surface area contributed by atoms with Crippen molar-refractivity contribution in [1.29, 1.82) is 5.26 Å². The monoisotopic (exact) mass is 337 g/mol. The van der Waals surface area contributed by atoms with Crippen molar-refractivity contribution in [3.8, 4) is 6.07 Å². The SMILES string of the molecule is Cc1ccc(NC(=O)CSc2nc3c(cc2C#N)CCC3)cc1C. The predicted octanol–water partition coefficient (Wildman–Crippen LogP) is 3.79. The van der Waals surface area contributed by atoms with Gasteiger partial charge in [0.05, 0.1) is 11.3 Å². The van der Waals surface area contributed by atoms with Gasteiger partial charge in [-0.1, -0.05) is 17.8 Å². The van der Waals surface area contributed by atoms with Crippen LogP contribution in [0.15, 0.2) is 29.3 Å². The summed E-state index contributed by atoms with van der Waals surface area (Å²) in [6.45, 7) is 4.06. The Kier molecular flexibility index (Phi) is 4.86. The van der Waals surface area contributed by atoms with E-state index in [4.69, 9.17) is 0 Å². The second-order valence-corrected chi connectivity index (χ2v) is 7.01. The molecule has 5 heteroatoms. The molecule has 0 aliphatic heterocycles. The summed E-state index contributed by atoms with van der Waals surface area (Å²) in [6, 6.07) is 9.99. The molecule has 4 nitrogen and oxygen atoms in total. The third-order valence-electron chi connectivity index (χ3n) is 4.27. The molecule has 1 aromatic heterocycles. The van der Waals surface area contributed by atoms with Crippen LogP contribution in [-0.4, -0.2) is 16.6 Å². The smallest absolute Gasteiger partial charge is 0.234 e. The molecule has 24 heavy (non-hydrogen) atoms. The zero-order valence-electron chi connectivity index (χ0n) is 13.8. The number of hydrogen-bond donors (Lipinski definition) is 1. The number of nitrogens with zero attached hydrogens (tertiary/aromatic N) is 2. The summed E-state index contributed by atoms with van der Waals surface area (Å²) in [5, 5.41) is 12.9. The highest BCUT2D eigenvalue weighted by atomic mass is 32.2. The van der Waals surface area contributed by atoms with E-state index in [0.717, 1.165) is 36.2 Å². The number of anilines is 1. The Bertz CT molecular complexity index is 839. The van der Waals surface area contributed by atoms with Crippen LogP contribution in [-0.2, 0) is 17.6 Å². The van der Waals surface area contributed by atoms with E-state index in [1.54, 1.807) is 0 Å². The molecule has 1 N–H and O–H groups in total. The molecule has 2 aromatic rings. The second-order valence-electron chi connectivity index (χ2n) is 6.05. The standard InChI is InChI=1S/C19H19N3OS/c1-12-6-7-16(8-13(12)2)21-18(23)11-24-19-15(10-20)9-14-4-3-5-17(14)22-19/h6-9H,3-5,11H2,1-2H3,(H,21,23). The minimum atomic E-state index is -0.0885. The number of pyridine rings is 1. The van der Waals surface area contributed by atoms with Crippen molar-refractivity contribution in [1.82, 2.24) is 4.98 Å². The molecule has 0 fully saturated rings. The summed E-state index contributed by atoms with van der Waals surface area (Å²) in [7, 11) is 0. The molecule has 0 radical (unpaired) electrons. The van der Waals surface area contributed by atoms with E-state index in [9.17, 15) is 10.1 Å². The summed E-state index contributed by atoms with van der Waals surface area (Å²) >= 11 is 1.33. The van der Waals surface area contributed by atoms with E-state index < -0.39 is 0 Å². The van der Waals surface area contributed by atoms with E-state index in [-0.39, 0.29) is 11.7 Å². The third kappa shape index (κ3) is 3.60. The van der Waals surface area contributed by atoms with Gasteiger partial charge in [0.15, 0.2) is 0 Å². The number of nitrogens with one attached hydrogen (secondary N) is 1. The van der Waals surface area contributed by atoms with Crippen molar-refractivity contribution in [2.45, 2.75) is 38.1 Å². The van der Waals surface area contributed by atoms with Gasteiger partial charge in [-0.2, -0.15) is 5.26 Å². The lowest BCUT2D eigenvalue weighted by Gasteiger charge is -2.09. The van der Waals surface area contributed by atoms with Crippen molar-refractivity contribution in [3.63, 3.8) is 0 Å². The number of carbonyl (C=O) groups excluding carboxylic acids is 1.